The summed E-state index contributed by atoms with van der Waals surface area (Å²) in [6.45, 7) is 2.16. The maximum absolute atomic E-state index is 6.10. The molecule has 1 unspecified atom stereocenters. The molecule has 0 saturated carbocycles. The lowest BCUT2D eigenvalue weighted by Crippen LogP contribution is -2.26. The minimum Gasteiger partial charge on any atom is -0.479 e. The molecule has 2 N–H and O–H groups in total. The Labute approximate surface area is 112 Å². The number of hydrogen-bond acceptors (Lipinski definition) is 5. The Morgan fingerprint density at radius 3 is 2.89 bits per heavy atom. The van der Waals surface area contributed by atoms with Gasteiger partial charge in [-0.2, -0.15) is 4.98 Å². The predicted molar refractivity (Wildman–Crippen MR) is 74.7 cm³/mol. The Bertz CT molecular complexity index is 614. The van der Waals surface area contributed by atoms with Crippen LogP contribution in [0.3, 0.4) is 0 Å². The number of hydrogen-bond donors (Lipinski definition) is 1. The number of anilines is 3. The van der Waals surface area contributed by atoms with Crippen molar-refractivity contribution in [2.45, 2.75) is 19.4 Å². The van der Waals surface area contributed by atoms with E-state index >= 15 is 0 Å². The molecular formula is C14H16N4O. The zero-order valence-corrected chi connectivity index (χ0v) is 11.0. The van der Waals surface area contributed by atoms with Crippen molar-refractivity contribution in [2.75, 3.05) is 17.7 Å². The van der Waals surface area contributed by atoms with Gasteiger partial charge in [0.05, 0.1) is 7.11 Å². The molecule has 1 aliphatic rings. The zero-order chi connectivity index (χ0) is 13.4. The minimum atomic E-state index is 0.319. The summed E-state index contributed by atoms with van der Waals surface area (Å²) in [5.41, 5.74) is 9.05. The summed E-state index contributed by atoms with van der Waals surface area (Å²) in [6.07, 6.45) is 2.47. The highest BCUT2D eigenvalue weighted by molar-refractivity contribution is 5.78. The van der Waals surface area contributed by atoms with Gasteiger partial charge >= 0.3 is 0 Å². The number of nitrogen functional groups attached to an aromatic ring is 1. The van der Waals surface area contributed by atoms with Crippen LogP contribution in [0.15, 0.2) is 30.6 Å². The van der Waals surface area contributed by atoms with Crippen LogP contribution in [-0.2, 0) is 6.42 Å². The monoisotopic (exact) mass is 256 g/mol. The van der Waals surface area contributed by atoms with Crippen molar-refractivity contribution in [2.24, 2.45) is 0 Å². The van der Waals surface area contributed by atoms with E-state index in [0.717, 1.165) is 12.1 Å². The van der Waals surface area contributed by atoms with E-state index < -0.39 is 0 Å². The van der Waals surface area contributed by atoms with Crippen molar-refractivity contribution in [3.05, 3.63) is 36.2 Å². The third kappa shape index (κ3) is 1.78. The van der Waals surface area contributed by atoms with Crippen molar-refractivity contribution < 1.29 is 4.74 Å². The lowest BCUT2D eigenvalue weighted by molar-refractivity contribution is 0.399. The first kappa shape index (κ1) is 11.8. The number of ether oxygens (including phenoxy) is 1. The quantitative estimate of drug-likeness (QED) is 0.892. The Morgan fingerprint density at radius 1 is 1.32 bits per heavy atom. The van der Waals surface area contributed by atoms with Crippen LogP contribution in [0.4, 0.5) is 17.2 Å². The maximum atomic E-state index is 6.10. The van der Waals surface area contributed by atoms with Crippen LogP contribution < -0.4 is 15.4 Å². The molecule has 0 saturated heterocycles. The standard InChI is InChI=1S/C14H16N4O/c1-9-7-10-5-3-4-6-11(10)18(9)13-12(15)14(19-2)17-8-16-13/h3-6,8-9H,7,15H2,1-2H3. The fourth-order valence-corrected chi connectivity index (χ4v) is 2.61. The van der Waals surface area contributed by atoms with Crippen molar-refractivity contribution in [1.82, 2.24) is 9.97 Å². The van der Waals surface area contributed by atoms with Crippen LogP contribution in [0, 0.1) is 0 Å². The van der Waals surface area contributed by atoms with Gasteiger partial charge in [0.25, 0.3) is 0 Å². The fourth-order valence-electron chi connectivity index (χ4n) is 2.61. The van der Waals surface area contributed by atoms with Gasteiger partial charge in [0.15, 0.2) is 5.82 Å². The molecule has 0 amide bonds. The smallest absolute Gasteiger partial charge is 0.242 e. The molecule has 0 radical (unpaired) electrons. The van der Waals surface area contributed by atoms with E-state index in [1.54, 1.807) is 7.11 Å². The molecule has 1 aromatic heterocycles. The van der Waals surface area contributed by atoms with Crippen molar-refractivity contribution in [3.63, 3.8) is 0 Å². The first-order chi connectivity index (χ1) is 9.22. The summed E-state index contributed by atoms with van der Waals surface area (Å²) in [5.74, 6) is 1.13. The second kappa shape index (κ2) is 4.42. The minimum absolute atomic E-state index is 0.319. The van der Waals surface area contributed by atoms with Crippen molar-refractivity contribution >= 4 is 17.2 Å². The van der Waals surface area contributed by atoms with Gasteiger partial charge in [0, 0.05) is 11.7 Å². The number of benzene rings is 1. The average Bonchev–Trinajstić information content (AvgIpc) is 2.75. The number of para-hydroxylation sites is 1. The van der Waals surface area contributed by atoms with Crippen LogP contribution >= 0.6 is 0 Å². The number of nitrogens with zero attached hydrogens (tertiary/aromatic N) is 3. The van der Waals surface area contributed by atoms with E-state index in [9.17, 15) is 0 Å². The fraction of sp³-hybridized carbons (Fsp3) is 0.286. The normalized spacial score (nSPS) is 17.4. The van der Waals surface area contributed by atoms with Gasteiger partial charge in [-0.05, 0) is 25.0 Å². The van der Waals surface area contributed by atoms with Gasteiger partial charge in [-0.1, -0.05) is 18.2 Å². The van der Waals surface area contributed by atoms with E-state index in [2.05, 4.69) is 40.0 Å². The molecule has 5 nitrogen and oxygen atoms in total. The number of rotatable bonds is 2. The van der Waals surface area contributed by atoms with Crippen molar-refractivity contribution in [3.8, 4) is 5.88 Å². The molecule has 1 aliphatic heterocycles. The summed E-state index contributed by atoms with van der Waals surface area (Å²) < 4.78 is 5.17. The molecule has 0 spiro atoms. The topological polar surface area (TPSA) is 64.3 Å². The van der Waals surface area contributed by atoms with Gasteiger partial charge in [0.2, 0.25) is 5.88 Å². The molecule has 98 valence electrons. The van der Waals surface area contributed by atoms with Crippen LogP contribution in [-0.4, -0.2) is 23.1 Å². The summed E-state index contributed by atoms with van der Waals surface area (Å²) in [5, 5.41) is 0. The maximum Gasteiger partial charge on any atom is 0.242 e. The van der Waals surface area contributed by atoms with E-state index in [4.69, 9.17) is 10.5 Å². The van der Waals surface area contributed by atoms with E-state index in [0.29, 0.717) is 23.4 Å². The summed E-state index contributed by atoms with van der Waals surface area (Å²) in [4.78, 5) is 10.5. The largest absolute Gasteiger partial charge is 0.479 e. The molecular weight excluding hydrogens is 240 g/mol. The number of methoxy groups -OCH3 is 1. The summed E-state index contributed by atoms with van der Waals surface area (Å²) in [6, 6.07) is 8.63. The molecule has 5 heteroatoms. The van der Waals surface area contributed by atoms with Gasteiger partial charge in [-0.25, -0.2) is 4.98 Å². The van der Waals surface area contributed by atoms with Gasteiger partial charge in [-0.15, -0.1) is 0 Å². The molecule has 3 rings (SSSR count). The van der Waals surface area contributed by atoms with Crippen LogP contribution in [0.25, 0.3) is 0 Å². The first-order valence-corrected chi connectivity index (χ1v) is 6.24. The predicted octanol–water partition coefficient (Wildman–Crippen LogP) is 2.15. The van der Waals surface area contributed by atoms with Crippen molar-refractivity contribution in [1.29, 1.82) is 0 Å². The third-order valence-corrected chi connectivity index (χ3v) is 3.46. The highest BCUT2D eigenvalue weighted by Gasteiger charge is 2.29. The highest BCUT2D eigenvalue weighted by atomic mass is 16.5. The third-order valence-electron chi connectivity index (χ3n) is 3.46. The number of fused-ring (bicyclic) bond motifs is 1. The Kier molecular flexibility index (Phi) is 2.74. The number of aromatic nitrogens is 2. The Hall–Kier alpha value is -2.30. The first-order valence-electron chi connectivity index (χ1n) is 6.24. The molecule has 2 heterocycles. The summed E-state index contributed by atoms with van der Waals surface area (Å²) >= 11 is 0. The molecule has 0 fully saturated rings. The second-order valence-corrected chi connectivity index (χ2v) is 4.67. The molecule has 0 bridgehead atoms. The van der Waals surface area contributed by atoms with E-state index in [-0.39, 0.29) is 0 Å². The molecule has 0 aliphatic carbocycles. The Morgan fingerprint density at radius 2 is 2.11 bits per heavy atom. The zero-order valence-electron chi connectivity index (χ0n) is 11.0. The summed E-state index contributed by atoms with van der Waals surface area (Å²) in [7, 11) is 1.56. The van der Waals surface area contributed by atoms with Crippen LogP contribution in [0.2, 0.25) is 0 Å². The molecule has 19 heavy (non-hydrogen) atoms. The van der Waals surface area contributed by atoms with Gasteiger partial charge in [0.1, 0.15) is 12.0 Å². The average molecular weight is 256 g/mol. The van der Waals surface area contributed by atoms with Crippen LogP contribution in [0.1, 0.15) is 12.5 Å². The van der Waals surface area contributed by atoms with Gasteiger partial charge < -0.3 is 15.4 Å². The molecule has 1 aromatic carbocycles. The van der Waals surface area contributed by atoms with Crippen LogP contribution in [0.5, 0.6) is 5.88 Å². The SMILES string of the molecule is COc1ncnc(N2c3ccccc3CC2C)c1N. The lowest BCUT2D eigenvalue weighted by atomic mass is 10.1. The number of nitrogens with two attached hydrogens (primary N) is 1. The van der Waals surface area contributed by atoms with E-state index in [1.165, 1.54) is 11.9 Å². The molecule has 2 aromatic rings. The highest BCUT2D eigenvalue weighted by Crippen LogP contribution is 2.40. The Balaban J connectivity index is 2.12. The second-order valence-electron chi connectivity index (χ2n) is 4.67. The van der Waals surface area contributed by atoms with E-state index in [1.807, 2.05) is 6.07 Å². The lowest BCUT2D eigenvalue weighted by Gasteiger charge is -2.25. The molecule has 1 atom stereocenters. The van der Waals surface area contributed by atoms with Gasteiger partial charge in [-0.3, -0.25) is 0 Å².